The highest BCUT2D eigenvalue weighted by Crippen LogP contribution is 2.33. The van der Waals surface area contributed by atoms with E-state index in [1.54, 1.807) is 0 Å². The van der Waals surface area contributed by atoms with Gasteiger partial charge in [-0.1, -0.05) is 37.3 Å². The topological polar surface area (TPSA) is 32.3 Å². The highest BCUT2D eigenvalue weighted by Gasteiger charge is 2.33. The number of carbonyl (C=O) groups is 1. The van der Waals surface area contributed by atoms with Crippen LogP contribution in [0, 0.1) is 0 Å². The zero-order chi connectivity index (χ0) is 14.7. The Hall–Kier alpha value is -1.35. The number of hydrogen-bond acceptors (Lipinski definition) is 2. The molecule has 1 aromatic rings. The molecule has 1 saturated heterocycles. The largest absolute Gasteiger partial charge is 0.352 e. The maximum absolute atomic E-state index is 12.1. The summed E-state index contributed by atoms with van der Waals surface area (Å²) >= 11 is 0. The van der Waals surface area contributed by atoms with Crippen LogP contribution in [0.4, 0.5) is 0 Å². The summed E-state index contributed by atoms with van der Waals surface area (Å²) < 4.78 is 0. The van der Waals surface area contributed by atoms with Crippen LogP contribution in [0.3, 0.4) is 0 Å². The highest BCUT2D eigenvalue weighted by molar-refractivity contribution is 5.78. The molecule has 21 heavy (non-hydrogen) atoms. The fourth-order valence-electron chi connectivity index (χ4n) is 3.62. The lowest BCUT2D eigenvalue weighted by Gasteiger charge is -2.31. The Kier molecular flexibility index (Phi) is 4.59. The van der Waals surface area contributed by atoms with Gasteiger partial charge < -0.3 is 5.32 Å². The molecular formula is C18H26N2O. The van der Waals surface area contributed by atoms with Crippen LogP contribution < -0.4 is 5.32 Å². The van der Waals surface area contributed by atoms with Gasteiger partial charge in [-0.05, 0) is 50.1 Å². The van der Waals surface area contributed by atoms with Gasteiger partial charge in [0.1, 0.15) is 0 Å². The van der Waals surface area contributed by atoms with Crippen LogP contribution in [0.2, 0.25) is 0 Å². The third-order valence-electron chi connectivity index (χ3n) is 4.84. The summed E-state index contributed by atoms with van der Waals surface area (Å²) in [6.07, 6.45) is 5.89. The average molecular weight is 286 g/mol. The number of rotatable bonds is 6. The second kappa shape index (κ2) is 6.61. The van der Waals surface area contributed by atoms with Gasteiger partial charge in [0.15, 0.2) is 0 Å². The van der Waals surface area contributed by atoms with E-state index < -0.39 is 0 Å². The number of likely N-dealkylation sites (tertiary alicyclic amines) is 1. The molecule has 1 aromatic carbocycles. The molecule has 1 N–H and O–H groups in total. The van der Waals surface area contributed by atoms with E-state index in [2.05, 4.69) is 47.5 Å². The van der Waals surface area contributed by atoms with E-state index >= 15 is 0 Å². The average Bonchev–Trinajstić information content (AvgIpc) is 3.20. The van der Waals surface area contributed by atoms with E-state index in [0.717, 1.165) is 25.8 Å². The molecule has 114 valence electrons. The minimum absolute atomic E-state index is 0.215. The van der Waals surface area contributed by atoms with Crippen LogP contribution in [-0.4, -0.2) is 36.0 Å². The van der Waals surface area contributed by atoms with Crippen LogP contribution in [0.5, 0.6) is 0 Å². The van der Waals surface area contributed by atoms with E-state index in [9.17, 15) is 4.79 Å². The van der Waals surface area contributed by atoms with Crippen molar-refractivity contribution in [3.63, 3.8) is 0 Å². The van der Waals surface area contributed by atoms with E-state index in [4.69, 9.17) is 0 Å². The lowest BCUT2D eigenvalue weighted by Crippen LogP contribution is -2.42. The molecular weight excluding hydrogens is 260 g/mol. The molecule has 1 heterocycles. The number of nitrogens with zero attached hydrogens (tertiary/aromatic N) is 1. The first-order chi connectivity index (χ1) is 10.3. The van der Waals surface area contributed by atoms with Gasteiger partial charge in [-0.3, -0.25) is 9.69 Å². The Morgan fingerprint density at radius 2 is 2.05 bits per heavy atom. The van der Waals surface area contributed by atoms with Gasteiger partial charge in [-0.15, -0.1) is 0 Å². The van der Waals surface area contributed by atoms with E-state index in [1.807, 2.05) is 0 Å². The van der Waals surface area contributed by atoms with Crippen molar-refractivity contribution in [2.24, 2.45) is 0 Å². The van der Waals surface area contributed by atoms with Crippen molar-refractivity contribution in [3.8, 4) is 0 Å². The van der Waals surface area contributed by atoms with Crippen molar-refractivity contribution in [1.29, 1.82) is 0 Å². The maximum Gasteiger partial charge on any atom is 0.234 e. The summed E-state index contributed by atoms with van der Waals surface area (Å²) in [6.45, 7) is 3.90. The number of carbonyl (C=O) groups excluding carboxylic acids is 1. The molecule has 0 aromatic heterocycles. The Morgan fingerprint density at radius 3 is 2.71 bits per heavy atom. The van der Waals surface area contributed by atoms with Crippen LogP contribution in [0.15, 0.2) is 30.3 Å². The normalized spacial score (nSPS) is 24.0. The van der Waals surface area contributed by atoms with Gasteiger partial charge in [0.2, 0.25) is 5.91 Å². The van der Waals surface area contributed by atoms with Gasteiger partial charge in [-0.2, -0.15) is 0 Å². The van der Waals surface area contributed by atoms with Gasteiger partial charge in [-0.25, -0.2) is 0 Å². The minimum Gasteiger partial charge on any atom is -0.352 e. The summed E-state index contributed by atoms with van der Waals surface area (Å²) in [5.41, 5.74) is 1.42. The molecule has 3 nitrogen and oxygen atoms in total. The molecule has 0 radical (unpaired) electrons. The van der Waals surface area contributed by atoms with Gasteiger partial charge in [0.25, 0.3) is 0 Å². The molecule has 0 unspecified atom stereocenters. The zero-order valence-electron chi connectivity index (χ0n) is 12.9. The third-order valence-corrected chi connectivity index (χ3v) is 4.84. The van der Waals surface area contributed by atoms with Gasteiger partial charge in [0.05, 0.1) is 6.54 Å². The molecule has 3 heteroatoms. The zero-order valence-corrected chi connectivity index (χ0v) is 12.9. The summed E-state index contributed by atoms with van der Waals surface area (Å²) in [5.74, 6) is 0.759. The Morgan fingerprint density at radius 1 is 1.29 bits per heavy atom. The number of benzene rings is 1. The molecule has 2 fully saturated rings. The number of nitrogens with one attached hydrogen (secondary N) is 1. The SMILES string of the molecule is CC[C@H](c1ccccc1)[C@H]1CCCN1CC(=O)NC1CC1. The Labute approximate surface area is 127 Å². The molecule has 3 rings (SSSR count). The smallest absolute Gasteiger partial charge is 0.234 e. The molecule has 1 saturated carbocycles. The minimum atomic E-state index is 0.215. The van der Waals surface area contributed by atoms with Crippen LogP contribution in [-0.2, 0) is 4.79 Å². The van der Waals surface area contributed by atoms with Crippen LogP contribution in [0.1, 0.15) is 50.5 Å². The van der Waals surface area contributed by atoms with Crippen molar-refractivity contribution in [2.75, 3.05) is 13.1 Å². The molecule has 0 spiro atoms. The quantitative estimate of drug-likeness (QED) is 0.872. The lowest BCUT2D eigenvalue weighted by molar-refractivity contribution is -0.122. The Balaban J connectivity index is 1.65. The first-order valence-corrected chi connectivity index (χ1v) is 8.36. The summed E-state index contributed by atoms with van der Waals surface area (Å²) in [5, 5.41) is 3.12. The van der Waals surface area contributed by atoms with Gasteiger partial charge >= 0.3 is 0 Å². The van der Waals surface area contributed by atoms with Crippen molar-refractivity contribution in [1.82, 2.24) is 10.2 Å². The maximum atomic E-state index is 12.1. The lowest BCUT2D eigenvalue weighted by atomic mass is 9.87. The summed E-state index contributed by atoms with van der Waals surface area (Å²) in [4.78, 5) is 14.5. The predicted molar refractivity (Wildman–Crippen MR) is 85.2 cm³/mol. The third kappa shape index (κ3) is 3.65. The monoisotopic (exact) mass is 286 g/mol. The summed E-state index contributed by atoms with van der Waals surface area (Å²) in [7, 11) is 0. The van der Waals surface area contributed by atoms with Gasteiger partial charge in [0, 0.05) is 12.1 Å². The molecule has 2 aliphatic rings. The van der Waals surface area contributed by atoms with E-state index in [1.165, 1.54) is 18.4 Å². The summed E-state index contributed by atoms with van der Waals surface area (Å²) in [6, 6.07) is 11.8. The van der Waals surface area contributed by atoms with Crippen molar-refractivity contribution in [2.45, 2.75) is 57.0 Å². The molecule has 1 aliphatic heterocycles. The fraction of sp³-hybridized carbons (Fsp3) is 0.611. The highest BCUT2D eigenvalue weighted by atomic mass is 16.2. The first-order valence-electron chi connectivity index (χ1n) is 8.36. The van der Waals surface area contributed by atoms with E-state index in [0.29, 0.717) is 24.5 Å². The van der Waals surface area contributed by atoms with Crippen molar-refractivity contribution >= 4 is 5.91 Å². The molecule has 2 atom stereocenters. The standard InChI is InChI=1S/C18H26N2O/c1-2-16(14-7-4-3-5-8-14)17-9-6-12-20(17)13-18(21)19-15-10-11-15/h3-5,7-8,15-17H,2,6,9-13H2,1H3,(H,19,21)/t16-,17-/m1/s1. The second-order valence-electron chi connectivity index (χ2n) is 6.45. The molecule has 0 bridgehead atoms. The van der Waals surface area contributed by atoms with Crippen molar-refractivity contribution < 1.29 is 4.79 Å². The first kappa shape index (κ1) is 14.6. The Bertz CT molecular complexity index is 469. The predicted octanol–water partition coefficient (Wildman–Crippen LogP) is 2.92. The molecule has 1 amide bonds. The van der Waals surface area contributed by atoms with Crippen LogP contribution >= 0.6 is 0 Å². The van der Waals surface area contributed by atoms with Crippen molar-refractivity contribution in [3.05, 3.63) is 35.9 Å². The number of hydrogen-bond donors (Lipinski definition) is 1. The second-order valence-corrected chi connectivity index (χ2v) is 6.45. The van der Waals surface area contributed by atoms with Crippen LogP contribution in [0.25, 0.3) is 0 Å². The number of amides is 1. The molecule has 1 aliphatic carbocycles. The van der Waals surface area contributed by atoms with E-state index in [-0.39, 0.29) is 5.91 Å². The fourth-order valence-corrected chi connectivity index (χ4v) is 3.62.